The number of ether oxygens (including phenoxy) is 1. The second-order valence-electron chi connectivity index (χ2n) is 2.80. The molecule has 0 fully saturated rings. The Hall–Kier alpha value is -0.950. The van der Waals surface area contributed by atoms with Crippen molar-refractivity contribution in [2.24, 2.45) is 0 Å². The first kappa shape index (κ1) is 16.5. The fraction of sp³-hybridized carbons (Fsp3) is 0.875. The standard InChI is InChI=1S/C8H18NO2.HNO2S/c1-5-9(6-2,7-3)8(10)11-4;1-4(2)3/h5-7H2,1-4H3;1H/q+1;. The molecule has 0 aromatic carbocycles. The predicted molar refractivity (Wildman–Crippen MR) is 55.9 cm³/mol. The van der Waals surface area contributed by atoms with Crippen molar-refractivity contribution in [2.75, 3.05) is 26.7 Å². The van der Waals surface area contributed by atoms with Crippen LogP contribution < -0.4 is 0 Å². The first-order valence-corrected chi connectivity index (χ1v) is 5.72. The van der Waals surface area contributed by atoms with Gasteiger partial charge in [0.25, 0.3) is 0 Å². The van der Waals surface area contributed by atoms with Gasteiger partial charge in [-0.3, -0.25) is 0 Å². The molecular formula is C8H19N2O4S+. The number of nitrogens with one attached hydrogen (secondary N) is 1. The normalized spacial score (nSPS) is 9.87. The zero-order valence-corrected chi connectivity index (χ0v) is 10.4. The fourth-order valence-electron chi connectivity index (χ4n) is 1.25. The summed E-state index contributed by atoms with van der Waals surface area (Å²) >= 11 is 0. The zero-order valence-electron chi connectivity index (χ0n) is 9.61. The van der Waals surface area contributed by atoms with Gasteiger partial charge in [0.15, 0.2) is 0 Å². The van der Waals surface area contributed by atoms with E-state index < -0.39 is 10.5 Å². The zero-order chi connectivity index (χ0) is 12.5. The van der Waals surface area contributed by atoms with Crippen LogP contribution in [0.25, 0.3) is 0 Å². The molecule has 0 aliphatic heterocycles. The van der Waals surface area contributed by atoms with E-state index in [-0.39, 0.29) is 6.09 Å². The smallest absolute Gasteiger partial charge is 0.423 e. The summed E-state index contributed by atoms with van der Waals surface area (Å²) in [6, 6.07) is 0. The van der Waals surface area contributed by atoms with Crippen LogP contribution in [0.2, 0.25) is 0 Å². The van der Waals surface area contributed by atoms with Crippen molar-refractivity contribution in [2.45, 2.75) is 20.8 Å². The summed E-state index contributed by atoms with van der Waals surface area (Å²) < 4.78 is 28.0. The molecular weight excluding hydrogens is 220 g/mol. The molecule has 0 aromatic rings. The number of rotatable bonds is 3. The lowest BCUT2D eigenvalue weighted by Gasteiger charge is -2.30. The summed E-state index contributed by atoms with van der Waals surface area (Å²) in [6.07, 6.45) is -0.127. The van der Waals surface area contributed by atoms with Crippen LogP contribution in [0.5, 0.6) is 0 Å². The van der Waals surface area contributed by atoms with Gasteiger partial charge in [-0.1, -0.05) is 0 Å². The number of amides is 1. The van der Waals surface area contributed by atoms with Gasteiger partial charge in [0.2, 0.25) is 0 Å². The summed E-state index contributed by atoms with van der Waals surface area (Å²) in [7, 11) is -1.17. The Morgan fingerprint density at radius 1 is 1.20 bits per heavy atom. The van der Waals surface area contributed by atoms with Crippen molar-refractivity contribution in [3.63, 3.8) is 0 Å². The summed E-state index contributed by atoms with van der Waals surface area (Å²) in [5.74, 6) is 0. The van der Waals surface area contributed by atoms with Gasteiger partial charge in [0.1, 0.15) is 0 Å². The Kier molecular flexibility index (Phi) is 9.19. The van der Waals surface area contributed by atoms with Crippen LogP contribution in [-0.2, 0) is 15.2 Å². The molecule has 0 saturated heterocycles. The van der Waals surface area contributed by atoms with Gasteiger partial charge >= 0.3 is 16.6 Å². The largest absolute Gasteiger partial charge is 0.515 e. The topological polar surface area (TPSA) is 84.3 Å². The molecule has 90 valence electrons. The molecule has 6 nitrogen and oxygen atoms in total. The third kappa shape index (κ3) is 6.19. The van der Waals surface area contributed by atoms with Crippen molar-refractivity contribution in [1.82, 2.24) is 0 Å². The highest BCUT2D eigenvalue weighted by molar-refractivity contribution is 7.60. The maximum atomic E-state index is 11.3. The molecule has 0 unspecified atom stereocenters. The third-order valence-electron chi connectivity index (χ3n) is 2.38. The van der Waals surface area contributed by atoms with Gasteiger partial charge in [-0.05, 0) is 20.8 Å². The molecule has 0 aliphatic carbocycles. The van der Waals surface area contributed by atoms with Crippen molar-refractivity contribution in [1.29, 1.82) is 4.78 Å². The molecule has 0 aromatic heterocycles. The van der Waals surface area contributed by atoms with Crippen LogP contribution in [0.1, 0.15) is 20.8 Å². The molecule has 0 atom stereocenters. The van der Waals surface area contributed by atoms with Crippen molar-refractivity contribution < 1.29 is 22.4 Å². The molecule has 15 heavy (non-hydrogen) atoms. The molecule has 1 N–H and O–H groups in total. The lowest BCUT2D eigenvalue weighted by Crippen LogP contribution is -2.52. The van der Waals surface area contributed by atoms with E-state index in [0.717, 1.165) is 19.6 Å². The molecule has 0 radical (unpaired) electrons. The van der Waals surface area contributed by atoms with Gasteiger partial charge in [0.05, 0.1) is 26.7 Å². The molecule has 7 heteroatoms. The third-order valence-corrected chi connectivity index (χ3v) is 2.38. The first-order chi connectivity index (χ1) is 6.90. The minimum atomic E-state index is -2.61. The molecule has 0 bridgehead atoms. The summed E-state index contributed by atoms with van der Waals surface area (Å²) in [5, 5.41) is 0. The maximum Gasteiger partial charge on any atom is 0.515 e. The van der Waals surface area contributed by atoms with E-state index in [1.54, 1.807) is 0 Å². The molecule has 0 heterocycles. The molecule has 0 rings (SSSR count). The number of nitrogens with zero attached hydrogens (tertiary/aromatic N) is 1. The van der Waals surface area contributed by atoms with Crippen molar-refractivity contribution in [3.05, 3.63) is 0 Å². The number of hydrogen-bond donors (Lipinski definition) is 1. The van der Waals surface area contributed by atoms with E-state index in [9.17, 15) is 4.79 Å². The number of hydrogen-bond acceptors (Lipinski definition) is 5. The lowest BCUT2D eigenvalue weighted by molar-refractivity contribution is -0.852. The van der Waals surface area contributed by atoms with E-state index >= 15 is 0 Å². The summed E-state index contributed by atoms with van der Waals surface area (Å²) in [5.41, 5.74) is 0. The summed E-state index contributed by atoms with van der Waals surface area (Å²) in [6.45, 7) is 8.43. The van der Waals surface area contributed by atoms with E-state index in [2.05, 4.69) is 0 Å². The van der Waals surface area contributed by atoms with Crippen LogP contribution >= 0.6 is 0 Å². The number of methoxy groups -OCH3 is 1. The average molecular weight is 239 g/mol. The predicted octanol–water partition coefficient (Wildman–Crippen LogP) is 1.26. The van der Waals surface area contributed by atoms with Crippen LogP contribution in [0.3, 0.4) is 0 Å². The SMILES string of the molecule is CC[N+](CC)(CC)C(=O)OC.N=S(=O)=O. The van der Waals surface area contributed by atoms with E-state index in [0.29, 0.717) is 4.48 Å². The average Bonchev–Trinajstić information content (AvgIpc) is 2.20. The highest BCUT2D eigenvalue weighted by atomic mass is 32.2. The maximum absolute atomic E-state index is 11.3. The van der Waals surface area contributed by atoms with Gasteiger partial charge in [-0.15, -0.1) is 0 Å². The van der Waals surface area contributed by atoms with Gasteiger partial charge in [-0.2, -0.15) is 18.0 Å². The monoisotopic (exact) mass is 239 g/mol. The molecule has 0 spiro atoms. The van der Waals surface area contributed by atoms with Crippen LogP contribution in [0, 0.1) is 4.78 Å². The summed E-state index contributed by atoms with van der Waals surface area (Å²) in [4.78, 5) is 11.3. The Labute approximate surface area is 91.9 Å². The van der Waals surface area contributed by atoms with Crippen LogP contribution in [0.15, 0.2) is 0 Å². The minimum absolute atomic E-state index is 0.127. The fourth-order valence-corrected chi connectivity index (χ4v) is 1.25. The highest BCUT2D eigenvalue weighted by Gasteiger charge is 2.32. The van der Waals surface area contributed by atoms with E-state index in [1.165, 1.54) is 7.11 Å². The minimum Gasteiger partial charge on any atom is -0.423 e. The number of carbonyl (C=O) groups excluding carboxylic acids is 1. The van der Waals surface area contributed by atoms with Crippen molar-refractivity contribution >= 4 is 16.6 Å². The van der Waals surface area contributed by atoms with Crippen molar-refractivity contribution in [3.8, 4) is 0 Å². The number of quaternary nitrogens is 1. The lowest BCUT2D eigenvalue weighted by atomic mass is 10.4. The van der Waals surface area contributed by atoms with Gasteiger partial charge in [0, 0.05) is 0 Å². The van der Waals surface area contributed by atoms with E-state index in [1.807, 2.05) is 20.8 Å². The number of carbonyl (C=O) groups is 1. The molecule has 0 saturated carbocycles. The second kappa shape index (κ2) is 8.37. The quantitative estimate of drug-likeness (QED) is 0.751. The highest BCUT2D eigenvalue weighted by Crippen LogP contribution is 2.07. The molecule has 1 amide bonds. The van der Waals surface area contributed by atoms with Crippen LogP contribution in [0.4, 0.5) is 4.79 Å². The Morgan fingerprint density at radius 2 is 1.47 bits per heavy atom. The molecule has 0 aliphatic rings. The Morgan fingerprint density at radius 3 is 1.53 bits per heavy atom. The van der Waals surface area contributed by atoms with Gasteiger partial charge < -0.3 is 4.74 Å². The Balaban J connectivity index is 0. The first-order valence-electron chi connectivity index (χ1n) is 4.65. The second-order valence-corrected chi connectivity index (χ2v) is 3.27. The Bertz CT molecular complexity index is 266. The van der Waals surface area contributed by atoms with Gasteiger partial charge in [-0.25, -0.2) is 4.48 Å². The van der Waals surface area contributed by atoms with E-state index in [4.69, 9.17) is 17.9 Å². The van der Waals surface area contributed by atoms with Crippen LogP contribution in [-0.4, -0.2) is 45.7 Å².